The topological polar surface area (TPSA) is 65.7 Å². The van der Waals surface area contributed by atoms with Crippen LogP contribution in [0.5, 0.6) is 0 Å². The Labute approximate surface area is 216 Å². The second-order valence-electron chi connectivity index (χ2n) is 10.9. The minimum atomic E-state index is -3.01. The van der Waals surface area contributed by atoms with Gasteiger partial charge in [0, 0.05) is 42.1 Å². The third kappa shape index (κ3) is 4.17. The number of anilines is 1. The molecule has 3 aromatic rings. The number of aromatic nitrogens is 3. The molecule has 0 spiro atoms. The van der Waals surface area contributed by atoms with Gasteiger partial charge >= 0.3 is 0 Å². The number of fused-ring (bicyclic) bond motifs is 2. The second-order valence-corrected chi connectivity index (χ2v) is 10.9. The van der Waals surface area contributed by atoms with Crippen LogP contribution in [-0.2, 0) is 12.3 Å². The summed E-state index contributed by atoms with van der Waals surface area (Å²) >= 11 is 0. The maximum absolute atomic E-state index is 14.4. The first kappa shape index (κ1) is 24.0. The lowest BCUT2D eigenvalue weighted by Crippen LogP contribution is -2.35. The van der Waals surface area contributed by atoms with E-state index in [1.165, 1.54) is 12.5 Å². The Bertz CT molecular complexity index is 1370. The van der Waals surface area contributed by atoms with Crippen LogP contribution in [0.15, 0.2) is 55.3 Å². The molecule has 3 atom stereocenters. The van der Waals surface area contributed by atoms with Gasteiger partial charge in [0.1, 0.15) is 0 Å². The molecule has 0 amide bonds. The predicted molar refractivity (Wildman–Crippen MR) is 139 cm³/mol. The van der Waals surface area contributed by atoms with E-state index in [0.29, 0.717) is 23.8 Å². The molecule has 37 heavy (non-hydrogen) atoms. The first-order chi connectivity index (χ1) is 17.9. The number of nitrogens with zero attached hydrogens (tertiary/aromatic N) is 5. The van der Waals surface area contributed by atoms with Gasteiger partial charge in [-0.25, -0.2) is 9.97 Å². The Balaban J connectivity index is 1.23. The van der Waals surface area contributed by atoms with Crippen molar-refractivity contribution < 1.29 is 8.78 Å². The molecule has 3 heterocycles. The number of pyridine rings is 1. The molecule has 3 aliphatic rings. The summed E-state index contributed by atoms with van der Waals surface area (Å²) in [5.41, 5.74) is 2.79. The van der Waals surface area contributed by atoms with E-state index >= 15 is 0 Å². The van der Waals surface area contributed by atoms with E-state index in [0.717, 1.165) is 73.9 Å². The lowest BCUT2D eigenvalue weighted by atomic mass is 9.68. The van der Waals surface area contributed by atoms with Crippen LogP contribution in [0.2, 0.25) is 0 Å². The molecule has 1 saturated heterocycles. The largest absolute Gasteiger partial charge is 0.341 e. The van der Waals surface area contributed by atoms with Gasteiger partial charge in [-0.1, -0.05) is 30.8 Å². The van der Waals surface area contributed by atoms with E-state index in [-0.39, 0.29) is 16.9 Å². The number of piperidine rings is 1. The highest BCUT2D eigenvalue weighted by Gasteiger charge is 2.67. The lowest BCUT2D eigenvalue weighted by molar-refractivity contribution is 0.0515. The highest BCUT2D eigenvalue weighted by molar-refractivity contribution is 5.79. The first-order valence-corrected chi connectivity index (χ1v) is 13.3. The predicted octanol–water partition coefficient (Wildman–Crippen LogP) is 6.56. The minimum absolute atomic E-state index is 0.0673. The summed E-state index contributed by atoms with van der Waals surface area (Å²) in [5, 5.41) is 10.3. The SMILES string of the molecule is C=CC(F)(F)c1ccccc1CCCC12CC1CC2c1nc(N2CCC(C#N)CC2)nc2ncccc12. The minimum Gasteiger partial charge on any atom is -0.341 e. The fourth-order valence-electron chi connectivity index (χ4n) is 6.74. The van der Waals surface area contributed by atoms with Crippen molar-refractivity contribution in [1.82, 2.24) is 15.0 Å². The standard InChI is InChI=1S/C30H31F2N5/c1-2-30(31,32)24-10-4-3-7-21(24)8-5-13-29-18-22(29)17-25(29)26-23-9-6-14-34-27(23)36-28(35-26)37-15-11-20(19-33)12-16-37/h2-4,6-7,9-10,14,20,22,25H,1,5,8,11-13,15-18H2. The van der Waals surface area contributed by atoms with E-state index in [9.17, 15) is 14.0 Å². The fourth-order valence-corrected chi connectivity index (χ4v) is 6.74. The van der Waals surface area contributed by atoms with E-state index in [4.69, 9.17) is 9.97 Å². The van der Waals surface area contributed by atoms with E-state index < -0.39 is 5.92 Å². The van der Waals surface area contributed by atoms with Crippen molar-refractivity contribution in [1.29, 1.82) is 5.26 Å². The molecular weight excluding hydrogens is 468 g/mol. The highest BCUT2D eigenvalue weighted by atomic mass is 19.3. The van der Waals surface area contributed by atoms with E-state index in [1.807, 2.05) is 18.2 Å². The molecule has 2 aromatic heterocycles. The third-order valence-corrected chi connectivity index (χ3v) is 8.99. The Hall–Kier alpha value is -3.40. The Morgan fingerprint density at radius 1 is 1.16 bits per heavy atom. The molecule has 3 fully saturated rings. The first-order valence-electron chi connectivity index (χ1n) is 13.3. The van der Waals surface area contributed by atoms with Crippen LogP contribution in [-0.4, -0.2) is 28.0 Å². The Kier molecular flexibility index (Phi) is 5.94. The van der Waals surface area contributed by atoms with Gasteiger partial charge in [0.15, 0.2) is 5.65 Å². The van der Waals surface area contributed by atoms with Crippen molar-refractivity contribution in [3.63, 3.8) is 0 Å². The van der Waals surface area contributed by atoms with Gasteiger partial charge in [0.2, 0.25) is 5.95 Å². The molecule has 6 rings (SSSR count). The van der Waals surface area contributed by atoms with Crippen molar-refractivity contribution in [3.05, 3.63) is 72.1 Å². The summed E-state index contributed by atoms with van der Waals surface area (Å²) in [4.78, 5) is 16.7. The van der Waals surface area contributed by atoms with Crippen molar-refractivity contribution in [3.8, 4) is 6.07 Å². The summed E-state index contributed by atoms with van der Waals surface area (Å²) in [6, 6.07) is 13.2. The summed E-state index contributed by atoms with van der Waals surface area (Å²) in [7, 11) is 0. The third-order valence-electron chi connectivity index (χ3n) is 8.99. The van der Waals surface area contributed by atoms with Crippen LogP contribution in [0.3, 0.4) is 0 Å². The monoisotopic (exact) mass is 499 g/mol. The number of allylic oxidation sites excluding steroid dienone is 1. The van der Waals surface area contributed by atoms with Crippen molar-refractivity contribution in [2.75, 3.05) is 18.0 Å². The van der Waals surface area contributed by atoms with E-state index in [2.05, 4.69) is 28.6 Å². The Morgan fingerprint density at radius 2 is 1.97 bits per heavy atom. The van der Waals surface area contributed by atoms with Gasteiger partial charge in [-0.3, -0.25) is 0 Å². The summed E-state index contributed by atoms with van der Waals surface area (Å²) in [5.74, 6) is -1.15. The molecule has 7 heteroatoms. The quantitative estimate of drug-likeness (QED) is 0.329. The number of hydrogen-bond donors (Lipinski definition) is 0. The van der Waals surface area contributed by atoms with Crippen LogP contribution in [0, 0.1) is 28.6 Å². The van der Waals surface area contributed by atoms with Gasteiger partial charge in [0.05, 0.1) is 11.8 Å². The van der Waals surface area contributed by atoms with Gasteiger partial charge in [-0.15, -0.1) is 0 Å². The molecule has 1 aliphatic heterocycles. The van der Waals surface area contributed by atoms with E-state index in [1.54, 1.807) is 12.3 Å². The smallest absolute Gasteiger partial charge is 0.291 e. The molecule has 3 unspecified atom stereocenters. The van der Waals surface area contributed by atoms with Crippen LogP contribution >= 0.6 is 0 Å². The maximum Gasteiger partial charge on any atom is 0.291 e. The zero-order valence-electron chi connectivity index (χ0n) is 20.9. The van der Waals surface area contributed by atoms with Crippen molar-refractivity contribution in [2.45, 2.75) is 56.8 Å². The van der Waals surface area contributed by atoms with Gasteiger partial charge in [-0.2, -0.15) is 19.0 Å². The highest BCUT2D eigenvalue weighted by Crippen LogP contribution is 2.76. The molecular formula is C30H31F2N5. The zero-order valence-corrected chi connectivity index (χ0v) is 20.9. The Morgan fingerprint density at radius 3 is 2.70 bits per heavy atom. The molecule has 0 N–H and O–H groups in total. The number of hydrogen-bond acceptors (Lipinski definition) is 5. The molecule has 2 saturated carbocycles. The van der Waals surface area contributed by atoms with Gasteiger partial charge in [-0.05, 0) is 80.1 Å². The van der Waals surface area contributed by atoms with Crippen molar-refractivity contribution in [2.24, 2.45) is 17.3 Å². The number of alkyl halides is 2. The molecule has 1 aromatic carbocycles. The van der Waals surface area contributed by atoms with Crippen LogP contribution in [0.1, 0.15) is 61.3 Å². The molecule has 2 aliphatic carbocycles. The molecule has 5 nitrogen and oxygen atoms in total. The lowest BCUT2D eigenvalue weighted by Gasteiger charge is -2.38. The summed E-state index contributed by atoms with van der Waals surface area (Å²) in [6.07, 6.45) is 8.97. The fraction of sp³-hybridized carbons (Fsp3) is 0.467. The van der Waals surface area contributed by atoms with Crippen LogP contribution < -0.4 is 4.90 Å². The summed E-state index contributed by atoms with van der Waals surface area (Å²) in [6.45, 7) is 4.89. The maximum atomic E-state index is 14.4. The summed E-state index contributed by atoms with van der Waals surface area (Å²) < 4.78 is 28.8. The number of halogens is 2. The number of aryl methyl sites for hydroxylation is 1. The van der Waals surface area contributed by atoms with Crippen LogP contribution in [0.4, 0.5) is 14.7 Å². The molecule has 0 radical (unpaired) electrons. The van der Waals surface area contributed by atoms with Crippen LogP contribution in [0.25, 0.3) is 11.0 Å². The number of rotatable bonds is 8. The van der Waals surface area contributed by atoms with Crippen molar-refractivity contribution >= 4 is 17.0 Å². The molecule has 190 valence electrons. The second kappa shape index (κ2) is 9.16. The van der Waals surface area contributed by atoms with Gasteiger partial charge < -0.3 is 4.90 Å². The number of benzene rings is 1. The average Bonchev–Trinajstić information content (AvgIpc) is 3.50. The van der Waals surface area contributed by atoms with Gasteiger partial charge in [0.25, 0.3) is 5.92 Å². The number of nitriles is 1. The molecule has 0 bridgehead atoms. The normalized spacial score (nSPS) is 25.3. The zero-order chi connectivity index (χ0) is 25.6. The average molecular weight is 500 g/mol.